The fraction of sp³-hybridized carbons (Fsp3) is 0.353. The van der Waals surface area contributed by atoms with Gasteiger partial charge in [-0.1, -0.05) is 48.2 Å². The fourth-order valence-corrected chi connectivity index (χ4v) is 1.67. The molecule has 0 aromatic heterocycles. The molecule has 0 bridgehead atoms. The Morgan fingerprint density at radius 1 is 1.21 bits per heavy atom. The highest BCUT2D eigenvalue weighted by atomic mass is 16.4. The minimum absolute atomic E-state index is 0.231. The minimum atomic E-state index is -0.736. The molecule has 0 radical (unpaired) electrons. The molecule has 19 heavy (non-hydrogen) atoms. The SMILES string of the molecule is O=C(O)CCC/C=C/C#CCCCc1ccccc1. The Morgan fingerprint density at radius 2 is 2.00 bits per heavy atom. The Labute approximate surface area is 115 Å². The van der Waals surface area contributed by atoms with Crippen LogP contribution in [0.2, 0.25) is 0 Å². The van der Waals surface area contributed by atoms with Crippen LogP contribution in [0.1, 0.15) is 37.7 Å². The topological polar surface area (TPSA) is 37.3 Å². The zero-order chi connectivity index (χ0) is 13.8. The van der Waals surface area contributed by atoms with Crippen molar-refractivity contribution in [1.82, 2.24) is 0 Å². The summed E-state index contributed by atoms with van der Waals surface area (Å²) in [6, 6.07) is 10.4. The van der Waals surface area contributed by atoms with E-state index in [4.69, 9.17) is 5.11 Å². The minimum Gasteiger partial charge on any atom is -0.481 e. The highest BCUT2D eigenvalue weighted by Gasteiger charge is 1.92. The normalized spacial score (nSPS) is 10.1. The van der Waals surface area contributed by atoms with Gasteiger partial charge in [-0.05, 0) is 37.3 Å². The summed E-state index contributed by atoms with van der Waals surface area (Å²) in [6.45, 7) is 0. The third-order valence-corrected chi connectivity index (χ3v) is 2.67. The number of benzene rings is 1. The van der Waals surface area contributed by atoms with Gasteiger partial charge in [-0.25, -0.2) is 0 Å². The Bertz CT molecular complexity index is 449. The molecule has 0 fully saturated rings. The number of unbranched alkanes of at least 4 members (excludes halogenated alkanes) is 2. The fourth-order valence-electron chi connectivity index (χ4n) is 1.67. The lowest BCUT2D eigenvalue weighted by Gasteiger charge is -1.96. The second-order valence-electron chi connectivity index (χ2n) is 4.35. The summed E-state index contributed by atoms with van der Waals surface area (Å²) in [4.78, 5) is 10.3. The van der Waals surface area contributed by atoms with E-state index in [1.54, 1.807) is 0 Å². The van der Waals surface area contributed by atoms with Gasteiger partial charge in [0.25, 0.3) is 0 Å². The van der Waals surface area contributed by atoms with E-state index in [0.717, 1.165) is 25.7 Å². The van der Waals surface area contributed by atoms with Gasteiger partial charge >= 0.3 is 5.97 Å². The number of carboxylic acids is 1. The van der Waals surface area contributed by atoms with Crippen LogP contribution in [0.4, 0.5) is 0 Å². The predicted molar refractivity (Wildman–Crippen MR) is 77.8 cm³/mol. The molecule has 0 aliphatic rings. The van der Waals surface area contributed by atoms with E-state index in [-0.39, 0.29) is 6.42 Å². The van der Waals surface area contributed by atoms with Crippen LogP contribution in [0.5, 0.6) is 0 Å². The number of rotatable bonds is 7. The zero-order valence-electron chi connectivity index (χ0n) is 11.1. The van der Waals surface area contributed by atoms with Gasteiger partial charge < -0.3 is 5.11 Å². The van der Waals surface area contributed by atoms with Crippen LogP contribution in [-0.4, -0.2) is 11.1 Å². The Kier molecular flexibility index (Phi) is 7.89. The molecule has 1 N–H and O–H groups in total. The van der Waals surface area contributed by atoms with Gasteiger partial charge in [0, 0.05) is 12.8 Å². The molecule has 1 rings (SSSR count). The summed E-state index contributed by atoms with van der Waals surface area (Å²) in [5, 5.41) is 8.46. The lowest BCUT2D eigenvalue weighted by Crippen LogP contribution is -1.92. The Hall–Kier alpha value is -2.01. The predicted octanol–water partition coefficient (Wildman–Crippen LogP) is 3.82. The van der Waals surface area contributed by atoms with Gasteiger partial charge in [-0.2, -0.15) is 0 Å². The van der Waals surface area contributed by atoms with E-state index in [1.807, 2.05) is 18.2 Å². The van der Waals surface area contributed by atoms with Gasteiger partial charge in [0.15, 0.2) is 0 Å². The van der Waals surface area contributed by atoms with E-state index in [1.165, 1.54) is 5.56 Å². The van der Waals surface area contributed by atoms with E-state index in [9.17, 15) is 4.79 Å². The Balaban J connectivity index is 2.05. The smallest absolute Gasteiger partial charge is 0.303 e. The van der Waals surface area contributed by atoms with E-state index in [0.29, 0.717) is 6.42 Å². The Morgan fingerprint density at radius 3 is 2.74 bits per heavy atom. The molecule has 0 heterocycles. The van der Waals surface area contributed by atoms with Crippen LogP contribution in [0, 0.1) is 11.8 Å². The third kappa shape index (κ3) is 8.68. The lowest BCUT2D eigenvalue weighted by atomic mass is 10.1. The van der Waals surface area contributed by atoms with Crippen molar-refractivity contribution in [2.45, 2.75) is 38.5 Å². The van der Waals surface area contributed by atoms with E-state index < -0.39 is 5.97 Å². The van der Waals surface area contributed by atoms with Crippen molar-refractivity contribution in [1.29, 1.82) is 0 Å². The van der Waals surface area contributed by atoms with Crippen molar-refractivity contribution in [2.24, 2.45) is 0 Å². The molecule has 0 aliphatic heterocycles. The molecular formula is C17H20O2. The summed E-state index contributed by atoms with van der Waals surface area (Å²) in [5.41, 5.74) is 1.36. The van der Waals surface area contributed by atoms with Gasteiger partial charge in [-0.15, -0.1) is 0 Å². The molecule has 0 amide bonds. The van der Waals surface area contributed by atoms with Gasteiger partial charge in [0.2, 0.25) is 0 Å². The first-order valence-corrected chi connectivity index (χ1v) is 6.68. The molecule has 2 heteroatoms. The highest BCUT2D eigenvalue weighted by Crippen LogP contribution is 2.03. The van der Waals surface area contributed by atoms with Crippen LogP contribution in [0.3, 0.4) is 0 Å². The molecule has 0 aliphatic carbocycles. The first-order valence-electron chi connectivity index (χ1n) is 6.68. The molecule has 0 saturated carbocycles. The number of hydrogen-bond acceptors (Lipinski definition) is 1. The summed E-state index contributed by atoms with van der Waals surface area (Å²) in [6.07, 6.45) is 8.49. The maximum atomic E-state index is 10.3. The second-order valence-corrected chi connectivity index (χ2v) is 4.35. The van der Waals surface area contributed by atoms with Crippen molar-refractivity contribution in [3.05, 3.63) is 48.0 Å². The lowest BCUT2D eigenvalue weighted by molar-refractivity contribution is -0.137. The summed E-state index contributed by atoms with van der Waals surface area (Å²) >= 11 is 0. The largest absolute Gasteiger partial charge is 0.481 e. The van der Waals surface area contributed by atoms with Crippen molar-refractivity contribution in [3.8, 4) is 11.8 Å². The number of aryl methyl sites for hydroxylation is 1. The van der Waals surface area contributed by atoms with Gasteiger partial charge in [0.05, 0.1) is 0 Å². The number of allylic oxidation sites excluding steroid dienone is 2. The molecule has 2 nitrogen and oxygen atoms in total. The monoisotopic (exact) mass is 256 g/mol. The summed E-state index contributed by atoms with van der Waals surface area (Å²) in [5.74, 6) is 5.35. The average molecular weight is 256 g/mol. The standard InChI is InChI=1S/C17H20O2/c18-17(19)15-11-6-4-2-1-3-5-8-12-16-13-9-7-10-14-16/h2,4,7,9-10,13-14H,5-6,8,11-12,15H2,(H,18,19)/b4-2+. The van der Waals surface area contributed by atoms with E-state index in [2.05, 4.69) is 36.1 Å². The van der Waals surface area contributed by atoms with Crippen LogP contribution in [-0.2, 0) is 11.2 Å². The van der Waals surface area contributed by atoms with Crippen LogP contribution in [0.25, 0.3) is 0 Å². The second kappa shape index (κ2) is 9.96. The molecular weight excluding hydrogens is 236 g/mol. The molecule has 100 valence electrons. The van der Waals surface area contributed by atoms with Crippen molar-refractivity contribution in [3.63, 3.8) is 0 Å². The van der Waals surface area contributed by atoms with Crippen molar-refractivity contribution in [2.75, 3.05) is 0 Å². The zero-order valence-corrected chi connectivity index (χ0v) is 11.1. The molecule has 1 aromatic rings. The summed E-state index contributed by atoms with van der Waals surface area (Å²) < 4.78 is 0. The number of carbonyl (C=O) groups is 1. The molecule has 1 aromatic carbocycles. The molecule has 0 spiro atoms. The highest BCUT2D eigenvalue weighted by molar-refractivity contribution is 5.66. The first kappa shape index (κ1) is 15.0. The number of carboxylic acid groups (broad SMARTS) is 1. The van der Waals surface area contributed by atoms with Gasteiger partial charge in [-0.3, -0.25) is 4.79 Å². The number of aliphatic carboxylic acids is 1. The van der Waals surface area contributed by atoms with Crippen LogP contribution < -0.4 is 0 Å². The van der Waals surface area contributed by atoms with Crippen LogP contribution in [0.15, 0.2) is 42.5 Å². The molecule has 0 saturated heterocycles. The number of hydrogen-bond donors (Lipinski definition) is 1. The third-order valence-electron chi connectivity index (χ3n) is 2.67. The molecule has 0 unspecified atom stereocenters. The maximum absolute atomic E-state index is 10.3. The molecule has 0 atom stereocenters. The summed E-state index contributed by atoms with van der Waals surface area (Å²) in [7, 11) is 0. The first-order chi connectivity index (χ1) is 9.29. The van der Waals surface area contributed by atoms with Gasteiger partial charge in [0.1, 0.15) is 0 Å². The van der Waals surface area contributed by atoms with Crippen molar-refractivity contribution >= 4 is 5.97 Å². The maximum Gasteiger partial charge on any atom is 0.303 e. The van der Waals surface area contributed by atoms with Crippen molar-refractivity contribution < 1.29 is 9.90 Å². The van der Waals surface area contributed by atoms with E-state index >= 15 is 0 Å². The van der Waals surface area contributed by atoms with Crippen LogP contribution >= 0.6 is 0 Å². The quantitative estimate of drug-likeness (QED) is 0.594. The average Bonchev–Trinajstić information content (AvgIpc) is 2.42.